The van der Waals surface area contributed by atoms with Gasteiger partial charge in [-0.2, -0.15) is 0 Å². The smallest absolute Gasteiger partial charge is 0.203 e. The molecule has 5 nitrogen and oxygen atoms in total. The Labute approximate surface area is 108 Å². The first-order valence-corrected chi connectivity index (χ1v) is 5.80. The summed E-state index contributed by atoms with van der Waals surface area (Å²) in [6.45, 7) is 2.49. The van der Waals surface area contributed by atoms with E-state index < -0.39 is 0 Å². The van der Waals surface area contributed by atoms with E-state index in [2.05, 4.69) is 0 Å². The van der Waals surface area contributed by atoms with Crippen molar-refractivity contribution in [3.63, 3.8) is 0 Å². The van der Waals surface area contributed by atoms with E-state index in [4.69, 9.17) is 24.7 Å². The Kier molecular flexibility index (Phi) is 5.58. The summed E-state index contributed by atoms with van der Waals surface area (Å²) < 4.78 is 21.3. The molecule has 0 aliphatic rings. The number of hydrogen-bond acceptors (Lipinski definition) is 5. The molecule has 1 rings (SSSR count). The SMILES string of the molecule is COc1cc(OCCC(C)N)cc(OC)c1OC. The Morgan fingerprint density at radius 2 is 1.61 bits per heavy atom. The van der Waals surface area contributed by atoms with Gasteiger partial charge in [0.05, 0.1) is 27.9 Å². The Hall–Kier alpha value is -1.62. The molecule has 0 aliphatic carbocycles. The second kappa shape index (κ2) is 6.96. The van der Waals surface area contributed by atoms with Gasteiger partial charge in [0, 0.05) is 18.2 Å². The zero-order chi connectivity index (χ0) is 13.5. The number of rotatable bonds is 7. The summed E-state index contributed by atoms with van der Waals surface area (Å²) in [7, 11) is 4.71. The van der Waals surface area contributed by atoms with Crippen molar-refractivity contribution in [2.45, 2.75) is 19.4 Å². The van der Waals surface area contributed by atoms with Gasteiger partial charge in [0.15, 0.2) is 11.5 Å². The second-order valence-corrected chi connectivity index (χ2v) is 3.98. The number of hydrogen-bond donors (Lipinski definition) is 1. The largest absolute Gasteiger partial charge is 0.493 e. The summed E-state index contributed by atoms with van der Waals surface area (Å²) in [5.41, 5.74) is 5.66. The van der Waals surface area contributed by atoms with E-state index in [1.54, 1.807) is 33.5 Å². The van der Waals surface area contributed by atoms with Gasteiger partial charge in [-0.15, -0.1) is 0 Å². The number of nitrogens with two attached hydrogens (primary N) is 1. The molecule has 0 spiro atoms. The molecule has 0 saturated carbocycles. The van der Waals surface area contributed by atoms with E-state index >= 15 is 0 Å². The Morgan fingerprint density at radius 1 is 1.06 bits per heavy atom. The lowest BCUT2D eigenvalue weighted by atomic mass is 10.2. The van der Waals surface area contributed by atoms with Gasteiger partial charge in [-0.3, -0.25) is 0 Å². The maximum absolute atomic E-state index is 5.66. The summed E-state index contributed by atoms with van der Waals surface area (Å²) in [5, 5.41) is 0. The Bertz CT molecular complexity index is 354. The molecular formula is C13H21NO4. The minimum atomic E-state index is 0.118. The van der Waals surface area contributed by atoms with Gasteiger partial charge in [-0.1, -0.05) is 0 Å². The predicted octanol–water partition coefficient (Wildman–Crippen LogP) is 1.83. The Balaban J connectivity index is 2.86. The quantitative estimate of drug-likeness (QED) is 0.805. The molecule has 0 heterocycles. The highest BCUT2D eigenvalue weighted by Gasteiger charge is 2.13. The third-order valence-electron chi connectivity index (χ3n) is 2.48. The zero-order valence-corrected chi connectivity index (χ0v) is 11.4. The topological polar surface area (TPSA) is 62.9 Å². The van der Waals surface area contributed by atoms with Gasteiger partial charge in [0.1, 0.15) is 5.75 Å². The van der Waals surface area contributed by atoms with Gasteiger partial charge in [-0.05, 0) is 13.3 Å². The van der Waals surface area contributed by atoms with Crippen molar-refractivity contribution in [2.24, 2.45) is 5.73 Å². The van der Waals surface area contributed by atoms with E-state index in [0.29, 0.717) is 29.6 Å². The first-order valence-electron chi connectivity index (χ1n) is 5.80. The summed E-state index contributed by atoms with van der Waals surface area (Å²) >= 11 is 0. The molecule has 102 valence electrons. The molecule has 2 N–H and O–H groups in total. The van der Waals surface area contributed by atoms with Crippen LogP contribution in [-0.2, 0) is 0 Å². The normalized spacial score (nSPS) is 11.8. The molecule has 18 heavy (non-hydrogen) atoms. The minimum absolute atomic E-state index is 0.118. The van der Waals surface area contributed by atoms with Crippen LogP contribution < -0.4 is 24.7 Å². The lowest BCUT2D eigenvalue weighted by molar-refractivity contribution is 0.288. The molecule has 0 aromatic heterocycles. The monoisotopic (exact) mass is 255 g/mol. The van der Waals surface area contributed by atoms with Crippen LogP contribution in [0.5, 0.6) is 23.0 Å². The molecule has 0 amide bonds. The number of methoxy groups -OCH3 is 3. The van der Waals surface area contributed by atoms with Crippen molar-refractivity contribution in [3.8, 4) is 23.0 Å². The van der Waals surface area contributed by atoms with Crippen molar-refractivity contribution in [2.75, 3.05) is 27.9 Å². The molecule has 0 aliphatic heterocycles. The van der Waals surface area contributed by atoms with Crippen molar-refractivity contribution < 1.29 is 18.9 Å². The molecule has 0 fully saturated rings. The first-order chi connectivity index (χ1) is 8.62. The predicted molar refractivity (Wildman–Crippen MR) is 69.9 cm³/mol. The van der Waals surface area contributed by atoms with Crippen LogP contribution >= 0.6 is 0 Å². The van der Waals surface area contributed by atoms with Crippen LogP contribution in [0, 0.1) is 0 Å². The Morgan fingerprint density at radius 3 is 2.00 bits per heavy atom. The van der Waals surface area contributed by atoms with Crippen LogP contribution in [0.2, 0.25) is 0 Å². The summed E-state index contributed by atoms with van der Waals surface area (Å²) in [6.07, 6.45) is 0.788. The van der Waals surface area contributed by atoms with E-state index in [0.717, 1.165) is 6.42 Å². The fraction of sp³-hybridized carbons (Fsp3) is 0.538. The molecule has 1 atom stereocenters. The van der Waals surface area contributed by atoms with E-state index in [1.165, 1.54) is 0 Å². The lowest BCUT2D eigenvalue weighted by Gasteiger charge is -2.15. The van der Waals surface area contributed by atoms with Crippen LogP contribution in [0.3, 0.4) is 0 Å². The van der Waals surface area contributed by atoms with Crippen molar-refractivity contribution in [3.05, 3.63) is 12.1 Å². The lowest BCUT2D eigenvalue weighted by Crippen LogP contribution is -2.18. The third-order valence-corrected chi connectivity index (χ3v) is 2.48. The molecule has 1 unspecified atom stereocenters. The molecule has 1 aromatic carbocycles. The molecule has 0 radical (unpaired) electrons. The molecule has 1 aromatic rings. The van der Waals surface area contributed by atoms with Gasteiger partial charge < -0.3 is 24.7 Å². The number of benzene rings is 1. The second-order valence-electron chi connectivity index (χ2n) is 3.98. The van der Waals surface area contributed by atoms with Crippen molar-refractivity contribution >= 4 is 0 Å². The van der Waals surface area contributed by atoms with Gasteiger partial charge in [0.2, 0.25) is 5.75 Å². The average Bonchev–Trinajstić information content (AvgIpc) is 2.36. The van der Waals surface area contributed by atoms with E-state index in [-0.39, 0.29) is 6.04 Å². The average molecular weight is 255 g/mol. The standard InChI is InChI=1S/C13H21NO4/c1-9(14)5-6-18-10-7-11(15-2)13(17-4)12(8-10)16-3/h7-9H,5-6,14H2,1-4H3. The van der Waals surface area contributed by atoms with Gasteiger partial charge in [-0.25, -0.2) is 0 Å². The molecule has 0 bridgehead atoms. The fourth-order valence-electron chi connectivity index (χ4n) is 1.50. The van der Waals surface area contributed by atoms with Crippen molar-refractivity contribution in [1.82, 2.24) is 0 Å². The van der Waals surface area contributed by atoms with Gasteiger partial charge in [0.25, 0.3) is 0 Å². The van der Waals surface area contributed by atoms with Crippen LogP contribution in [-0.4, -0.2) is 34.0 Å². The van der Waals surface area contributed by atoms with Gasteiger partial charge >= 0.3 is 0 Å². The summed E-state index contributed by atoms with van der Waals surface area (Å²) in [5.74, 6) is 2.38. The highest BCUT2D eigenvalue weighted by atomic mass is 16.5. The van der Waals surface area contributed by atoms with Crippen LogP contribution in [0.15, 0.2) is 12.1 Å². The van der Waals surface area contributed by atoms with Crippen LogP contribution in [0.1, 0.15) is 13.3 Å². The summed E-state index contributed by atoms with van der Waals surface area (Å²) in [4.78, 5) is 0. The van der Waals surface area contributed by atoms with Crippen molar-refractivity contribution in [1.29, 1.82) is 0 Å². The minimum Gasteiger partial charge on any atom is -0.493 e. The first kappa shape index (κ1) is 14.4. The number of ether oxygens (including phenoxy) is 4. The highest BCUT2D eigenvalue weighted by Crippen LogP contribution is 2.40. The molecule has 5 heteroatoms. The molecule has 0 saturated heterocycles. The van der Waals surface area contributed by atoms with E-state index in [9.17, 15) is 0 Å². The van der Waals surface area contributed by atoms with Crippen LogP contribution in [0.25, 0.3) is 0 Å². The highest BCUT2D eigenvalue weighted by molar-refractivity contribution is 5.55. The maximum atomic E-state index is 5.66. The summed E-state index contributed by atoms with van der Waals surface area (Å²) in [6, 6.07) is 3.65. The zero-order valence-electron chi connectivity index (χ0n) is 11.4. The van der Waals surface area contributed by atoms with E-state index in [1.807, 2.05) is 6.92 Å². The fourth-order valence-corrected chi connectivity index (χ4v) is 1.50. The van der Waals surface area contributed by atoms with Crippen LogP contribution in [0.4, 0.5) is 0 Å². The maximum Gasteiger partial charge on any atom is 0.203 e. The molecular weight excluding hydrogens is 234 g/mol. The third kappa shape index (κ3) is 3.70.